The van der Waals surface area contributed by atoms with Gasteiger partial charge in [0, 0.05) is 12.3 Å². The zero-order valence-corrected chi connectivity index (χ0v) is 11.0. The number of hydrogen-bond acceptors (Lipinski definition) is 6. The first kappa shape index (κ1) is 13.5. The quantitative estimate of drug-likeness (QED) is 0.677. The zero-order valence-electron chi connectivity index (χ0n) is 11.0. The van der Waals surface area contributed by atoms with Crippen LogP contribution in [0.25, 0.3) is 0 Å². The lowest BCUT2D eigenvalue weighted by molar-refractivity contribution is -0.384. The average Bonchev–Trinajstić information content (AvgIpc) is 2.85. The van der Waals surface area contributed by atoms with Crippen molar-refractivity contribution < 1.29 is 9.34 Å². The van der Waals surface area contributed by atoms with E-state index in [0.29, 0.717) is 5.76 Å². The van der Waals surface area contributed by atoms with E-state index < -0.39 is 4.92 Å². The molecule has 0 aromatic carbocycles. The molecule has 2 rings (SSSR count). The summed E-state index contributed by atoms with van der Waals surface area (Å²) in [6.45, 7) is 3.63. The molecule has 0 fully saturated rings. The number of furan rings is 1. The van der Waals surface area contributed by atoms with Gasteiger partial charge in [-0.3, -0.25) is 10.1 Å². The summed E-state index contributed by atoms with van der Waals surface area (Å²) < 4.78 is 5.45. The normalized spacial score (nSPS) is 11.7. The van der Waals surface area contributed by atoms with Crippen LogP contribution < -0.4 is 5.32 Å². The van der Waals surface area contributed by atoms with Crippen molar-refractivity contribution in [1.29, 1.82) is 5.26 Å². The molecule has 2 aromatic heterocycles. The molecule has 1 atom stereocenters. The van der Waals surface area contributed by atoms with Crippen molar-refractivity contribution >= 4 is 11.5 Å². The van der Waals surface area contributed by atoms with E-state index in [1.165, 1.54) is 12.3 Å². The third-order valence-electron chi connectivity index (χ3n) is 2.73. The standard InChI is InChI=1S/C13H12N4O3/c1-8-3-4-12(20-8)9(2)16-13-11(17(18)19)5-10(6-14)7-15-13/h3-5,7,9H,1-2H3,(H,15,16). The number of aryl methyl sites for hydroxylation is 1. The van der Waals surface area contributed by atoms with Crippen LogP contribution in [0.5, 0.6) is 0 Å². The molecule has 1 N–H and O–H groups in total. The number of hydrogen-bond donors (Lipinski definition) is 1. The summed E-state index contributed by atoms with van der Waals surface area (Å²) in [7, 11) is 0. The van der Waals surface area contributed by atoms with E-state index in [1.54, 1.807) is 6.07 Å². The molecule has 2 heterocycles. The SMILES string of the molecule is Cc1ccc(C(C)Nc2ncc(C#N)cc2[N+](=O)[O-])o1. The minimum Gasteiger partial charge on any atom is -0.464 e. The Hall–Kier alpha value is -2.88. The van der Waals surface area contributed by atoms with Crippen LogP contribution >= 0.6 is 0 Å². The molecule has 2 aromatic rings. The van der Waals surface area contributed by atoms with Crippen molar-refractivity contribution in [3.63, 3.8) is 0 Å². The summed E-state index contributed by atoms with van der Waals surface area (Å²) in [6.07, 6.45) is 1.29. The molecule has 0 saturated carbocycles. The predicted octanol–water partition coefficient (Wildman–Crippen LogP) is 2.94. The van der Waals surface area contributed by atoms with Crippen molar-refractivity contribution in [2.24, 2.45) is 0 Å². The molecule has 102 valence electrons. The van der Waals surface area contributed by atoms with Crippen LogP contribution in [0.3, 0.4) is 0 Å². The Morgan fingerprint density at radius 2 is 2.30 bits per heavy atom. The van der Waals surface area contributed by atoms with E-state index in [2.05, 4.69) is 10.3 Å². The van der Waals surface area contributed by atoms with Crippen LogP contribution in [0, 0.1) is 28.4 Å². The monoisotopic (exact) mass is 272 g/mol. The molecule has 7 heteroatoms. The Kier molecular flexibility index (Phi) is 3.66. The van der Waals surface area contributed by atoms with Crippen molar-refractivity contribution in [3.8, 4) is 6.07 Å². The van der Waals surface area contributed by atoms with Crippen LogP contribution in [0.2, 0.25) is 0 Å². The van der Waals surface area contributed by atoms with Crippen molar-refractivity contribution in [3.05, 3.63) is 51.6 Å². The number of nitrogens with zero attached hydrogens (tertiary/aromatic N) is 3. The first-order chi connectivity index (χ1) is 9.51. The van der Waals surface area contributed by atoms with Crippen molar-refractivity contribution in [1.82, 2.24) is 4.98 Å². The summed E-state index contributed by atoms with van der Waals surface area (Å²) in [4.78, 5) is 14.4. The predicted molar refractivity (Wildman–Crippen MR) is 71.1 cm³/mol. The Bertz CT molecular complexity index is 687. The van der Waals surface area contributed by atoms with E-state index in [4.69, 9.17) is 9.68 Å². The van der Waals surface area contributed by atoms with Gasteiger partial charge in [-0.1, -0.05) is 0 Å². The second kappa shape index (κ2) is 5.40. The van der Waals surface area contributed by atoms with E-state index in [1.807, 2.05) is 26.0 Å². The topological polar surface area (TPSA) is 105 Å². The Morgan fingerprint density at radius 1 is 1.55 bits per heavy atom. The van der Waals surface area contributed by atoms with Crippen LogP contribution in [0.15, 0.2) is 28.8 Å². The van der Waals surface area contributed by atoms with Crippen LogP contribution in [-0.4, -0.2) is 9.91 Å². The van der Waals surface area contributed by atoms with Crippen LogP contribution in [0.1, 0.15) is 30.0 Å². The van der Waals surface area contributed by atoms with Gasteiger partial charge in [0.15, 0.2) is 0 Å². The van der Waals surface area contributed by atoms with E-state index in [-0.39, 0.29) is 23.1 Å². The Morgan fingerprint density at radius 3 is 2.85 bits per heavy atom. The fourth-order valence-corrected chi connectivity index (χ4v) is 1.73. The number of aromatic nitrogens is 1. The zero-order chi connectivity index (χ0) is 14.7. The molecule has 1 unspecified atom stereocenters. The number of nitrogens with one attached hydrogen (secondary N) is 1. The van der Waals surface area contributed by atoms with E-state index in [0.717, 1.165) is 5.76 Å². The van der Waals surface area contributed by atoms with Gasteiger partial charge in [-0.25, -0.2) is 4.98 Å². The molecule has 0 bridgehead atoms. The van der Waals surface area contributed by atoms with Gasteiger partial charge in [0.25, 0.3) is 0 Å². The highest BCUT2D eigenvalue weighted by atomic mass is 16.6. The fourth-order valence-electron chi connectivity index (χ4n) is 1.73. The molecular formula is C13H12N4O3. The minimum atomic E-state index is -0.573. The average molecular weight is 272 g/mol. The van der Waals surface area contributed by atoms with Crippen LogP contribution in [0.4, 0.5) is 11.5 Å². The number of anilines is 1. The molecule has 0 aliphatic rings. The van der Waals surface area contributed by atoms with Gasteiger partial charge in [-0.2, -0.15) is 5.26 Å². The molecule has 0 aliphatic heterocycles. The van der Waals surface area contributed by atoms with Gasteiger partial charge in [0.1, 0.15) is 17.6 Å². The maximum atomic E-state index is 11.0. The van der Waals surface area contributed by atoms with Crippen molar-refractivity contribution in [2.75, 3.05) is 5.32 Å². The lowest BCUT2D eigenvalue weighted by Crippen LogP contribution is -2.09. The lowest BCUT2D eigenvalue weighted by atomic mass is 10.2. The highest BCUT2D eigenvalue weighted by molar-refractivity contribution is 5.58. The number of nitriles is 1. The molecule has 0 saturated heterocycles. The van der Waals surface area contributed by atoms with Crippen molar-refractivity contribution in [2.45, 2.75) is 19.9 Å². The maximum absolute atomic E-state index is 11.0. The minimum absolute atomic E-state index is 0.107. The fraction of sp³-hybridized carbons (Fsp3) is 0.231. The van der Waals surface area contributed by atoms with Gasteiger partial charge in [-0.15, -0.1) is 0 Å². The number of pyridine rings is 1. The highest BCUT2D eigenvalue weighted by Gasteiger charge is 2.19. The van der Waals surface area contributed by atoms with E-state index >= 15 is 0 Å². The van der Waals surface area contributed by atoms with Gasteiger partial charge >= 0.3 is 5.69 Å². The molecule has 20 heavy (non-hydrogen) atoms. The highest BCUT2D eigenvalue weighted by Crippen LogP contribution is 2.27. The second-order valence-corrected chi connectivity index (χ2v) is 4.28. The third kappa shape index (κ3) is 2.75. The molecule has 0 spiro atoms. The maximum Gasteiger partial charge on any atom is 0.312 e. The Labute approximate surface area is 115 Å². The molecule has 0 aliphatic carbocycles. The first-order valence-electron chi connectivity index (χ1n) is 5.88. The van der Waals surface area contributed by atoms with Gasteiger partial charge < -0.3 is 9.73 Å². The largest absolute Gasteiger partial charge is 0.464 e. The number of rotatable bonds is 4. The number of nitro groups is 1. The second-order valence-electron chi connectivity index (χ2n) is 4.28. The summed E-state index contributed by atoms with van der Waals surface area (Å²) in [5.41, 5.74) is -0.0945. The van der Waals surface area contributed by atoms with E-state index in [9.17, 15) is 10.1 Å². The molecule has 0 radical (unpaired) electrons. The summed E-state index contributed by atoms with van der Waals surface area (Å²) in [6, 6.07) is 6.35. The van der Waals surface area contributed by atoms with Gasteiger partial charge in [0.05, 0.1) is 16.5 Å². The third-order valence-corrected chi connectivity index (χ3v) is 2.73. The lowest BCUT2D eigenvalue weighted by Gasteiger charge is -2.12. The van der Waals surface area contributed by atoms with Gasteiger partial charge in [-0.05, 0) is 26.0 Å². The molecule has 0 amide bonds. The summed E-state index contributed by atoms with van der Waals surface area (Å²) in [5.74, 6) is 1.52. The van der Waals surface area contributed by atoms with Gasteiger partial charge in [0.2, 0.25) is 5.82 Å². The summed E-state index contributed by atoms with van der Waals surface area (Å²) >= 11 is 0. The first-order valence-corrected chi connectivity index (χ1v) is 5.88. The van der Waals surface area contributed by atoms with Crippen LogP contribution in [-0.2, 0) is 0 Å². The smallest absolute Gasteiger partial charge is 0.312 e. The molecule has 7 nitrogen and oxygen atoms in total. The molecular weight excluding hydrogens is 260 g/mol. The summed E-state index contributed by atoms with van der Waals surface area (Å²) in [5, 5.41) is 22.7. The Balaban J connectivity index is 2.29.